The largest absolute Gasteiger partial charge is 0.488 e. The Labute approximate surface area is 196 Å². The third-order valence-corrected chi connectivity index (χ3v) is 6.25. The molecule has 0 radical (unpaired) electrons. The fourth-order valence-corrected chi connectivity index (χ4v) is 4.40. The smallest absolute Gasteiger partial charge is 0.293 e. The molecule has 0 spiro atoms. The summed E-state index contributed by atoms with van der Waals surface area (Å²) in [5, 5.41) is -0.442. The molecule has 1 saturated heterocycles. The molecule has 1 fully saturated rings. The Morgan fingerprint density at radius 1 is 1.00 bits per heavy atom. The number of hydrogen-bond donors (Lipinski definition) is 0. The molecule has 0 aliphatic carbocycles. The van der Waals surface area contributed by atoms with Gasteiger partial charge in [0.25, 0.3) is 11.1 Å². The van der Waals surface area contributed by atoms with Crippen LogP contribution < -0.4 is 4.74 Å². The van der Waals surface area contributed by atoms with Gasteiger partial charge in [0.05, 0.1) is 15.9 Å². The van der Waals surface area contributed by atoms with Crippen LogP contribution in [-0.4, -0.2) is 16.0 Å². The Morgan fingerprint density at radius 3 is 2.47 bits per heavy atom. The number of thioether (sulfide) groups is 1. The molecule has 3 aromatic carbocycles. The van der Waals surface area contributed by atoms with Crippen molar-refractivity contribution in [1.82, 2.24) is 4.90 Å². The maximum absolute atomic E-state index is 13.9. The molecule has 8 heteroatoms. The number of ether oxygens (including phenoxy) is 1. The number of rotatable bonds is 6. The molecule has 0 aromatic heterocycles. The van der Waals surface area contributed by atoms with Crippen molar-refractivity contribution in [2.75, 3.05) is 0 Å². The Bertz CT molecular complexity index is 1210. The highest BCUT2D eigenvalue weighted by atomic mass is 79.9. The molecule has 4 nitrogen and oxygen atoms in total. The van der Waals surface area contributed by atoms with Crippen LogP contribution in [-0.2, 0) is 17.9 Å². The molecule has 0 bridgehead atoms. The summed E-state index contributed by atoms with van der Waals surface area (Å²) in [6.45, 7) is 0.154. The second-order valence-electron chi connectivity index (χ2n) is 6.96. The maximum atomic E-state index is 13.9. The lowest BCUT2D eigenvalue weighted by Gasteiger charge is -2.12. The van der Waals surface area contributed by atoms with Crippen molar-refractivity contribution >= 4 is 44.9 Å². The highest BCUT2D eigenvalue weighted by Crippen LogP contribution is 2.35. The monoisotopic (exact) mass is 515 g/mol. The summed E-state index contributed by atoms with van der Waals surface area (Å²) in [6, 6.07) is 17.4. The van der Waals surface area contributed by atoms with Gasteiger partial charge >= 0.3 is 0 Å². The van der Waals surface area contributed by atoms with E-state index in [0.29, 0.717) is 15.8 Å². The summed E-state index contributed by atoms with van der Waals surface area (Å²) in [4.78, 5) is 26.3. The van der Waals surface area contributed by atoms with E-state index in [-0.39, 0.29) is 29.4 Å². The fraction of sp³-hybridized carbons (Fsp3) is 0.0833. The molecular weight excluding hydrogens is 500 g/mol. The topological polar surface area (TPSA) is 46.6 Å². The van der Waals surface area contributed by atoms with Gasteiger partial charge in [0.15, 0.2) is 0 Å². The van der Waals surface area contributed by atoms with E-state index in [1.807, 2.05) is 0 Å². The van der Waals surface area contributed by atoms with Crippen LogP contribution >= 0.6 is 27.7 Å². The first-order valence-corrected chi connectivity index (χ1v) is 11.2. The van der Waals surface area contributed by atoms with Gasteiger partial charge in [-0.15, -0.1) is 0 Å². The van der Waals surface area contributed by atoms with Crippen LogP contribution in [0.1, 0.15) is 16.7 Å². The molecule has 0 atom stereocenters. The van der Waals surface area contributed by atoms with Crippen LogP contribution in [0.4, 0.5) is 13.6 Å². The van der Waals surface area contributed by atoms with Gasteiger partial charge in [-0.2, -0.15) is 0 Å². The number of carbonyl (C=O) groups is 2. The molecule has 1 heterocycles. The molecular formula is C24H16BrF2NO3S. The predicted octanol–water partition coefficient (Wildman–Crippen LogP) is 6.54. The number of imide groups is 1. The minimum absolute atomic E-state index is 0.117. The lowest BCUT2D eigenvalue weighted by molar-refractivity contribution is -0.123. The van der Waals surface area contributed by atoms with Crippen LogP contribution in [0.15, 0.2) is 76.1 Å². The first-order valence-electron chi connectivity index (χ1n) is 9.56. The molecule has 0 N–H and O–H groups in total. The Hall–Kier alpha value is -2.97. The molecule has 0 saturated carbocycles. The lowest BCUT2D eigenvalue weighted by atomic mass is 10.2. The second kappa shape index (κ2) is 9.67. The molecule has 162 valence electrons. The van der Waals surface area contributed by atoms with Gasteiger partial charge in [0, 0.05) is 5.56 Å². The van der Waals surface area contributed by atoms with Crippen LogP contribution in [0.5, 0.6) is 5.75 Å². The summed E-state index contributed by atoms with van der Waals surface area (Å²) >= 11 is 4.27. The number of hydrogen-bond acceptors (Lipinski definition) is 4. The summed E-state index contributed by atoms with van der Waals surface area (Å²) in [5.41, 5.74) is 1.80. The third-order valence-electron chi connectivity index (χ3n) is 4.72. The van der Waals surface area contributed by atoms with Gasteiger partial charge in [-0.05, 0) is 75.2 Å². The van der Waals surface area contributed by atoms with Crippen molar-refractivity contribution in [2.24, 2.45) is 0 Å². The van der Waals surface area contributed by atoms with Crippen molar-refractivity contribution in [3.8, 4) is 5.75 Å². The van der Waals surface area contributed by atoms with Crippen LogP contribution in [0.3, 0.4) is 0 Å². The number of nitrogens with zero attached hydrogens (tertiary/aromatic N) is 1. The Balaban J connectivity index is 1.45. The zero-order valence-corrected chi connectivity index (χ0v) is 19.0. The maximum Gasteiger partial charge on any atom is 0.293 e. The van der Waals surface area contributed by atoms with Crippen molar-refractivity contribution in [3.63, 3.8) is 0 Å². The van der Waals surface area contributed by atoms with Gasteiger partial charge < -0.3 is 4.74 Å². The van der Waals surface area contributed by atoms with Crippen LogP contribution in [0, 0.1) is 11.6 Å². The predicted molar refractivity (Wildman–Crippen MR) is 123 cm³/mol. The van der Waals surface area contributed by atoms with Crippen molar-refractivity contribution in [2.45, 2.75) is 13.2 Å². The summed E-state index contributed by atoms with van der Waals surface area (Å²) in [6.07, 6.45) is 1.61. The summed E-state index contributed by atoms with van der Waals surface area (Å²) in [7, 11) is 0. The van der Waals surface area contributed by atoms with E-state index in [9.17, 15) is 18.4 Å². The number of amides is 2. The van der Waals surface area contributed by atoms with E-state index in [4.69, 9.17) is 4.74 Å². The van der Waals surface area contributed by atoms with E-state index in [1.165, 1.54) is 18.2 Å². The minimum Gasteiger partial charge on any atom is -0.488 e. The fourth-order valence-electron chi connectivity index (χ4n) is 3.05. The summed E-state index contributed by atoms with van der Waals surface area (Å²) in [5.74, 6) is -0.650. The molecule has 0 unspecified atom stereocenters. The van der Waals surface area contributed by atoms with E-state index in [1.54, 1.807) is 54.6 Å². The van der Waals surface area contributed by atoms with Gasteiger partial charge in [0.2, 0.25) is 0 Å². The minimum atomic E-state index is -0.462. The van der Waals surface area contributed by atoms with E-state index in [0.717, 1.165) is 22.2 Å². The molecule has 32 heavy (non-hydrogen) atoms. The molecule has 2 amide bonds. The number of halogens is 3. The highest BCUT2D eigenvalue weighted by Gasteiger charge is 2.35. The lowest BCUT2D eigenvalue weighted by Crippen LogP contribution is -2.27. The molecule has 1 aliphatic heterocycles. The summed E-state index contributed by atoms with van der Waals surface area (Å²) < 4.78 is 33.3. The van der Waals surface area contributed by atoms with E-state index >= 15 is 0 Å². The van der Waals surface area contributed by atoms with E-state index < -0.39 is 17.0 Å². The first kappa shape index (κ1) is 22.2. The zero-order valence-electron chi connectivity index (χ0n) is 16.6. The Kier molecular flexibility index (Phi) is 6.72. The average molecular weight is 516 g/mol. The molecule has 1 aliphatic rings. The van der Waals surface area contributed by atoms with Gasteiger partial charge in [-0.3, -0.25) is 14.5 Å². The molecule has 4 rings (SSSR count). The standard InChI is InChI=1S/C24H16BrF2NO3S/c25-19-11-16(7-10-21(19)31-14-15-5-8-18(26)9-6-15)12-22-23(29)28(24(30)32-22)13-17-3-1-2-4-20(17)27/h1-12H,13-14H2/b22-12-. The average Bonchev–Trinajstić information content (AvgIpc) is 3.03. The van der Waals surface area contributed by atoms with Gasteiger partial charge in [0.1, 0.15) is 24.0 Å². The number of benzene rings is 3. The van der Waals surface area contributed by atoms with Gasteiger partial charge in [-0.1, -0.05) is 36.4 Å². The number of carbonyl (C=O) groups excluding carboxylic acids is 2. The SMILES string of the molecule is O=C1S/C(=C\c2ccc(OCc3ccc(F)cc3)c(Br)c2)C(=O)N1Cc1ccccc1F. The first-order chi connectivity index (χ1) is 15.4. The Morgan fingerprint density at radius 2 is 1.75 bits per heavy atom. The van der Waals surface area contributed by atoms with Crippen LogP contribution in [0.2, 0.25) is 0 Å². The quantitative estimate of drug-likeness (QED) is 0.349. The van der Waals surface area contributed by atoms with Crippen LogP contribution in [0.25, 0.3) is 6.08 Å². The zero-order chi connectivity index (χ0) is 22.7. The van der Waals surface area contributed by atoms with Crippen molar-refractivity contribution in [3.05, 3.63) is 104 Å². The second-order valence-corrected chi connectivity index (χ2v) is 8.81. The van der Waals surface area contributed by atoms with Crippen molar-refractivity contribution < 1.29 is 23.1 Å². The van der Waals surface area contributed by atoms with E-state index in [2.05, 4.69) is 15.9 Å². The van der Waals surface area contributed by atoms with Crippen molar-refractivity contribution in [1.29, 1.82) is 0 Å². The third kappa shape index (κ3) is 5.08. The molecule has 3 aromatic rings. The van der Waals surface area contributed by atoms with Gasteiger partial charge in [-0.25, -0.2) is 8.78 Å². The normalized spacial score (nSPS) is 15.0. The highest BCUT2D eigenvalue weighted by molar-refractivity contribution is 9.10.